The van der Waals surface area contributed by atoms with Gasteiger partial charge in [-0.3, -0.25) is 34.5 Å². The first-order chi connectivity index (χ1) is 28.7. The van der Waals surface area contributed by atoms with E-state index in [1.54, 1.807) is 12.1 Å². The molecule has 0 spiro atoms. The van der Waals surface area contributed by atoms with Crippen LogP contribution in [0.3, 0.4) is 0 Å². The molecule has 308 valence electrons. The molecule has 2 aliphatic carbocycles. The Morgan fingerprint density at radius 2 is 1.37 bits per heavy atom. The molecule has 2 aromatic heterocycles. The van der Waals surface area contributed by atoms with E-state index in [-0.39, 0.29) is 48.8 Å². The number of carbonyl (C=O) groups excluding carboxylic acids is 4. The molecule has 4 aromatic rings. The second-order valence-corrected chi connectivity index (χ2v) is 17.5. The first kappa shape index (κ1) is 37.9. The molecule has 59 heavy (non-hydrogen) atoms. The highest BCUT2D eigenvalue weighted by Gasteiger charge is 2.45. The first-order valence-electron chi connectivity index (χ1n) is 21.5. The van der Waals surface area contributed by atoms with E-state index in [1.807, 2.05) is 30.5 Å². The molecule has 0 radical (unpaired) electrons. The summed E-state index contributed by atoms with van der Waals surface area (Å²) in [5.41, 5.74) is 4.39. The Hall–Kier alpha value is -5.34. The summed E-state index contributed by atoms with van der Waals surface area (Å²) in [6, 6.07) is 14.7. The van der Waals surface area contributed by atoms with E-state index in [9.17, 15) is 19.2 Å². The van der Waals surface area contributed by atoms with E-state index in [4.69, 9.17) is 19.2 Å². The van der Waals surface area contributed by atoms with E-state index in [0.717, 1.165) is 135 Å². The molecule has 4 aliphatic heterocycles. The number of ether oxygens (including phenoxy) is 3. The smallest absolute Gasteiger partial charge is 0.262 e. The molecule has 6 aliphatic rings. The highest BCUT2D eigenvalue weighted by molar-refractivity contribution is 6.23. The molecule has 2 N–H and O–H groups in total. The van der Waals surface area contributed by atoms with Crippen LogP contribution in [0.1, 0.15) is 105 Å². The minimum absolute atomic E-state index is 0.0371. The minimum atomic E-state index is -0.967. The molecular weight excluding hydrogens is 751 g/mol. The number of hydrogen-bond acceptors (Lipinski definition) is 11. The van der Waals surface area contributed by atoms with Gasteiger partial charge in [0.15, 0.2) is 0 Å². The molecule has 5 fully saturated rings. The fraction of sp³-hybridized carbons (Fsp3) is 0.511. The zero-order valence-corrected chi connectivity index (χ0v) is 33.5. The molecule has 10 rings (SSSR count). The van der Waals surface area contributed by atoms with Crippen molar-refractivity contribution in [3.8, 4) is 17.0 Å². The second-order valence-electron chi connectivity index (χ2n) is 17.5. The number of hydrogen-bond donors (Lipinski definition) is 2. The van der Waals surface area contributed by atoms with E-state index < -0.39 is 23.8 Å². The van der Waals surface area contributed by atoms with Crippen molar-refractivity contribution in [3.05, 3.63) is 65.9 Å². The molecule has 0 bridgehead atoms. The fourth-order valence-electron chi connectivity index (χ4n) is 9.55. The molecule has 3 saturated heterocycles. The van der Waals surface area contributed by atoms with Crippen molar-refractivity contribution in [2.24, 2.45) is 0 Å². The van der Waals surface area contributed by atoms with Crippen LogP contribution in [-0.4, -0.2) is 106 Å². The van der Waals surface area contributed by atoms with Crippen LogP contribution in [0.15, 0.2) is 54.7 Å². The Balaban J connectivity index is 0.666. The number of aromatic amines is 1. The number of rotatable bonds is 10. The molecule has 1 atom stereocenters. The van der Waals surface area contributed by atoms with E-state index >= 15 is 0 Å². The van der Waals surface area contributed by atoms with Crippen molar-refractivity contribution >= 4 is 46.0 Å². The summed E-state index contributed by atoms with van der Waals surface area (Å²) in [4.78, 5) is 60.9. The lowest BCUT2D eigenvalue weighted by molar-refractivity contribution is -0.136. The maximum atomic E-state index is 13.3. The number of nitrogens with one attached hydrogen (secondary N) is 2. The summed E-state index contributed by atoms with van der Waals surface area (Å²) in [5, 5.41) is 11.2. The quantitative estimate of drug-likeness (QED) is 0.183. The number of benzene rings is 2. The average molecular weight is 802 g/mol. The van der Waals surface area contributed by atoms with Gasteiger partial charge in [0.05, 0.1) is 41.1 Å². The van der Waals surface area contributed by atoms with Crippen LogP contribution in [-0.2, 0) is 19.1 Å². The lowest BCUT2D eigenvalue weighted by Gasteiger charge is -2.38. The van der Waals surface area contributed by atoms with Gasteiger partial charge in [-0.15, -0.1) is 0 Å². The van der Waals surface area contributed by atoms with Crippen molar-refractivity contribution in [3.63, 3.8) is 0 Å². The van der Waals surface area contributed by atoms with Crippen molar-refractivity contribution in [1.29, 1.82) is 0 Å². The summed E-state index contributed by atoms with van der Waals surface area (Å²) in [7, 11) is 0. The number of fused-ring (bicyclic) bond motifs is 2. The van der Waals surface area contributed by atoms with Gasteiger partial charge >= 0.3 is 0 Å². The Kier molecular flexibility index (Phi) is 9.87. The standard InChI is InChI=1S/C45H51N7O7/c1-45(17-18-45)59-33-7-9-37-36(26-33)41(49-48-37)27-12-19-46-39(24-27)51-22-15-32(16-23-51)58-30-5-3-29(4-6-30)57-31-13-20-50(21-14-31)28-2-8-34-35(25-28)44(56)52(43(34)55)38-10-11-40(53)47-42(38)54/h2,7-9,12,19,24-26,29-32,38H,3-6,10-11,13-18,20-23H2,1H3,(H,48,49)(H,47,53,54). The number of piperidine rings is 3. The Morgan fingerprint density at radius 1 is 0.712 bits per heavy atom. The molecule has 2 saturated carbocycles. The number of imide groups is 2. The van der Waals surface area contributed by atoms with Gasteiger partial charge < -0.3 is 24.0 Å². The van der Waals surface area contributed by atoms with Gasteiger partial charge in [0.2, 0.25) is 11.8 Å². The zero-order valence-electron chi connectivity index (χ0n) is 33.5. The molecule has 14 heteroatoms. The van der Waals surface area contributed by atoms with Crippen LogP contribution in [0.5, 0.6) is 5.75 Å². The monoisotopic (exact) mass is 801 g/mol. The van der Waals surface area contributed by atoms with Crippen LogP contribution in [0.2, 0.25) is 0 Å². The van der Waals surface area contributed by atoms with Gasteiger partial charge in [-0.1, -0.05) is 0 Å². The third kappa shape index (κ3) is 7.68. The van der Waals surface area contributed by atoms with Crippen molar-refractivity contribution in [1.82, 2.24) is 25.4 Å². The van der Waals surface area contributed by atoms with Crippen LogP contribution in [0.4, 0.5) is 11.5 Å². The number of nitrogens with zero attached hydrogens (tertiary/aromatic N) is 5. The topological polar surface area (TPSA) is 159 Å². The molecule has 14 nitrogen and oxygen atoms in total. The number of amides is 4. The van der Waals surface area contributed by atoms with Gasteiger partial charge in [-0.05, 0) is 126 Å². The highest BCUT2D eigenvalue weighted by Crippen LogP contribution is 2.41. The van der Waals surface area contributed by atoms with E-state index in [2.05, 4.69) is 44.4 Å². The maximum Gasteiger partial charge on any atom is 0.262 e. The lowest BCUT2D eigenvalue weighted by Crippen LogP contribution is -2.54. The van der Waals surface area contributed by atoms with Crippen LogP contribution >= 0.6 is 0 Å². The SMILES string of the molecule is CC1(Oc2ccc3[nH]nc(-c4ccnc(N5CCC(OC6CCC(OC7CCN(c8ccc9c(c8)C(=O)N(C8CCC(=O)NC8=O)C9=O)CC7)CC6)CC5)c4)c3c2)CC1. The van der Waals surface area contributed by atoms with E-state index in [1.165, 1.54) is 0 Å². The molecule has 6 heterocycles. The third-order valence-corrected chi connectivity index (χ3v) is 13.3. The van der Waals surface area contributed by atoms with Crippen LogP contribution < -0.4 is 19.9 Å². The van der Waals surface area contributed by atoms with Gasteiger partial charge in [0, 0.05) is 55.4 Å². The largest absolute Gasteiger partial charge is 0.488 e. The van der Waals surface area contributed by atoms with Crippen molar-refractivity contribution < 1.29 is 33.4 Å². The molecule has 2 aromatic carbocycles. The summed E-state index contributed by atoms with van der Waals surface area (Å²) in [6.07, 6.45) is 13.0. The Morgan fingerprint density at radius 3 is 2.05 bits per heavy atom. The maximum absolute atomic E-state index is 13.3. The number of aromatic nitrogens is 3. The summed E-state index contributed by atoms with van der Waals surface area (Å²) in [5.74, 6) is -0.0997. The number of pyridine rings is 1. The zero-order chi connectivity index (χ0) is 40.3. The normalized spacial score (nSPS) is 25.1. The summed E-state index contributed by atoms with van der Waals surface area (Å²) in [6.45, 7) is 5.53. The van der Waals surface area contributed by atoms with Gasteiger partial charge in [-0.25, -0.2) is 4.98 Å². The third-order valence-electron chi connectivity index (χ3n) is 13.3. The van der Waals surface area contributed by atoms with Gasteiger partial charge in [0.25, 0.3) is 11.8 Å². The summed E-state index contributed by atoms with van der Waals surface area (Å²) < 4.78 is 19.6. The number of carbonyl (C=O) groups is 4. The molecular formula is C45H51N7O7. The average Bonchev–Trinajstić information content (AvgIpc) is 3.73. The molecule has 1 unspecified atom stereocenters. The second kappa shape index (κ2) is 15.4. The van der Waals surface area contributed by atoms with Crippen molar-refractivity contribution in [2.75, 3.05) is 36.0 Å². The van der Waals surface area contributed by atoms with E-state index in [0.29, 0.717) is 11.1 Å². The van der Waals surface area contributed by atoms with Crippen LogP contribution in [0.25, 0.3) is 22.2 Å². The Bertz CT molecular complexity index is 2280. The Labute approximate surface area is 342 Å². The molecule has 4 amide bonds. The minimum Gasteiger partial charge on any atom is -0.488 e. The summed E-state index contributed by atoms with van der Waals surface area (Å²) >= 11 is 0. The lowest BCUT2D eigenvalue weighted by atomic mass is 9.93. The van der Waals surface area contributed by atoms with Crippen LogP contribution in [0, 0.1) is 0 Å². The number of H-pyrrole nitrogens is 1. The van der Waals surface area contributed by atoms with Gasteiger partial charge in [0.1, 0.15) is 28.9 Å². The van der Waals surface area contributed by atoms with Crippen molar-refractivity contribution in [2.45, 2.75) is 120 Å². The first-order valence-corrected chi connectivity index (χ1v) is 21.5. The predicted molar refractivity (Wildman–Crippen MR) is 219 cm³/mol. The highest BCUT2D eigenvalue weighted by atomic mass is 16.5. The van der Waals surface area contributed by atoms with Gasteiger partial charge in [-0.2, -0.15) is 5.10 Å². The number of anilines is 2. The predicted octanol–water partition coefficient (Wildman–Crippen LogP) is 5.94. The fourth-order valence-corrected chi connectivity index (χ4v) is 9.55.